The van der Waals surface area contributed by atoms with E-state index in [4.69, 9.17) is 14.2 Å². The Hall–Kier alpha value is -2.32. The Labute approximate surface area is 127 Å². The van der Waals surface area contributed by atoms with E-state index in [9.17, 15) is 19.8 Å². The van der Waals surface area contributed by atoms with E-state index in [-0.39, 0.29) is 22.8 Å². The molecule has 0 aliphatic carbocycles. The fraction of sp³-hybridized carbons (Fsp3) is 0.429. The molecular weight excluding hydrogens is 296 g/mol. The molecule has 2 atom stereocenters. The summed E-state index contributed by atoms with van der Waals surface area (Å²) < 4.78 is 19.8. The molecular formula is C14H18O8. The molecule has 8 nitrogen and oxygen atoms in total. The molecule has 0 fully saturated rings. The standard InChI is InChI=1S/C14H18O8/c1-14(18,12(16)13(17)21-4)22-11-9(19-2)5-8(7-15)6-10(11)20-3/h5-7,12,16,18H,1-4H3. The number of rotatable bonds is 7. The minimum Gasteiger partial charge on any atom is -0.493 e. The molecule has 0 heterocycles. The summed E-state index contributed by atoms with van der Waals surface area (Å²) in [6, 6.07) is 2.71. The zero-order chi connectivity index (χ0) is 16.9. The van der Waals surface area contributed by atoms with Crippen LogP contribution in [0.3, 0.4) is 0 Å². The normalized spacial score (nSPS) is 14.5. The molecule has 2 unspecified atom stereocenters. The van der Waals surface area contributed by atoms with Crippen LogP contribution in [0.25, 0.3) is 0 Å². The Morgan fingerprint density at radius 3 is 2.09 bits per heavy atom. The van der Waals surface area contributed by atoms with Gasteiger partial charge in [0.25, 0.3) is 0 Å². The molecule has 1 aromatic carbocycles. The number of aliphatic hydroxyl groups is 2. The second-order valence-electron chi connectivity index (χ2n) is 4.45. The molecule has 22 heavy (non-hydrogen) atoms. The van der Waals surface area contributed by atoms with Crippen LogP contribution in [-0.2, 0) is 9.53 Å². The third-order valence-corrected chi connectivity index (χ3v) is 2.86. The Bertz CT molecular complexity index is 527. The molecule has 0 aromatic heterocycles. The topological polar surface area (TPSA) is 112 Å². The molecule has 0 saturated carbocycles. The number of hydrogen-bond acceptors (Lipinski definition) is 8. The molecule has 2 N–H and O–H groups in total. The zero-order valence-electron chi connectivity index (χ0n) is 12.7. The van der Waals surface area contributed by atoms with Gasteiger partial charge in [-0.1, -0.05) is 0 Å². The highest BCUT2D eigenvalue weighted by molar-refractivity contribution is 5.78. The van der Waals surface area contributed by atoms with Gasteiger partial charge in [-0.15, -0.1) is 0 Å². The summed E-state index contributed by atoms with van der Waals surface area (Å²) in [5.41, 5.74) is 0.259. The van der Waals surface area contributed by atoms with Crippen LogP contribution < -0.4 is 14.2 Å². The van der Waals surface area contributed by atoms with Crippen molar-refractivity contribution in [3.63, 3.8) is 0 Å². The highest BCUT2D eigenvalue weighted by Gasteiger charge is 2.40. The highest BCUT2D eigenvalue weighted by Crippen LogP contribution is 2.40. The molecule has 122 valence electrons. The van der Waals surface area contributed by atoms with Gasteiger partial charge in [-0.2, -0.15) is 0 Å². The third-order valence-electron chi connectivity index (χ3n) is 2.86. The Morgan fingerprint density at radius 2 is 1.73 bits per heavy atom. The summed E-state index contributed by atoms with van der Waals surface area (Å²) in [7, 11) is 3.70. The summed E-state index contributed by atoms with van der Waals surface area (Å²) in [4.78, 5) is 22.2. The van der Waals surface area contributed by atoms with Gasteiger partial charge in [-0.3, -0.25) is 4.79 Å². The minimum absolute atomic E-state index is 0.0800. The smallest absolute Gasteiger partial charge is 0.341 e. The monoisotopic (exact) mass is 314 g/mol. The van der Waals surface area contributed by atoms with Crippen molar-refractivity contribution in [3.8, 4) is 17.2 Å². The molecule has 0 aliphatic rings. The maximum absolute atomic E-state index is 11.3. The van der Waals surface area contributed by atoms with Gasteiger partial charge in [0.1, 0.15) is 6.29 Å². The summed E-state index contributed by atoms with van der Waals surface area (Å²) >= 11 is 0. The lowest BCUT2D eigenvalue weighted by Crippen LogP contribution is -2.49. The van der Waals surface area contributed by atoms with Crippen LogP contribution in [0, 0.1) is 0 Å². The van der Waals surface area contributed by atoms with Gasteiger partial charge in [0.2, 0.25) is 17.6 Å². The van der Waals surface area contributed by atoms with Crippen LogP contribution >= 0.6 is 0 Å². The lowest BCUT2D eigenvalue weighted by molar-refractivity contribution is -0.208. The van der Waals surface area contributed by atoms with Crippen LogP contribution in [0.2, 0.25) is 0 Å². The fourth-order valence-electron chi connectivity index (χ4n) is 1.66. The van der Waals surface area contributed by atoms with E-state index in [1.54, 1.807) is 0 Å². The average molecular weight is 314 g/mol. The summed E-state index contributed by atoms with van der Waals surface area (Å²) in [5.74, 6) is -3.30. The number of methoxy groups -OCH3 is 3. The first kappa shape index (κ1) is 17.7. The number of aldehydes is 1. The van der Waals surface area contributed by atoms with Crippen molar-refractivity contribution in [2.45, 2.75) is 18.8 Å². The van der Waals surface area contributed by atoms with Gasteiger partial charge in [0, 0.05) is 12.5 Å². The van der Waals surface area contributed by atoms with Crippen LogP contribution in [0.5, 0.6) is 17.2 Å². The zero-order valence-corrected chi connectivity index (χ0v) is 12.7. The molecule has 0 bridgehead atoms. The third kappa shape index (κ3) is 3.66. The molecule has 0 radical (unpaired) electrons. The number of hydrogen-bond donors (Lipinski definition) is 2. The summed E-state index contributed by atoms with van der Waals surface area (Å²) in [5, 5.41) is 19.9. The molecule has 0 saturated heterocycles. The first-order valence-corrected chi connectivity index (χ1v) is 6.19. The van der Waals surface area contributed by atoms with Crippen molar-refractivity contribution in [2.24, 2.45) is 0 Å². The first-order valence-electron chi connectivity index (χ1n) is 6.19. The Kier molecular flexibility index (Phi) is 5.72. The summed E-state index contributed by atoms with van der Waals surface area (Å²) in [6.07, 6.45) is -1.38. The Morgan fingerprint density at radius 1 is 1.23 bits per heavy atom. The van der Waals surface area contributed by atoms with Crippen molar-refractivity contribution < 1.29 is 38.7 Å². The second kappa shape index (κ2) is 7.10. The SMILES string of the molecule is COC(=O)C(O)C(C)(O)Oc1c(OC)cc(C=O)cc1OC. The van der Waals surface area contributed by atoms with Gasteiger partial charge >= 0.3 is 5.97 Å². The quantitative estimate of drug-likeness (QED) is 0.415. The van der Waals surface area contributed by atoms with Crippen molar-refractivity contribution in [2.75, 3.05) is 21.3 Å². The molecule has 0 aliphatic heterocycles. The predicted octanol–water partition coefficient (Wildman–Crippen LogP) is 0.137. The average Bonchev–Trinajstić information content (AvgIpc) is 2.52. The maximum Gasteiger partial charge on any atom is 0.341 e. The van der Waals surface area contributed by atoms with Crippen molar-refractivity contribution >= 4 is 12.3 Å². The van der Waals surface area contributed by atoms with Crippen LogP contribution in [0.4, 0.5) is 0 Å². The van der Waals surface area contributed by atoms with E-state index in [0.717, 1.165) is 14.0 Å². The Balaban J connectivity index is 3.26. The molecule has 1 aromatic rings. The maximum atomic E-state index is 11.3. The number of benzene rings is 1. The number of carbonyl (C=O) groups is 2. The van der Waals surface area contributed by atoms with Crippen molar-refractivity contribution in [1.29, 1.82) is 0 Å². The predicted molar refractivity (Wildman–Crippen MR) is 74.2 cm³/mol. The number of carbonyl (C=O) groups excluding carboxylic acids is 2. The van der Waals surface area contributed by atoms with Crippen LogP contribution in [0.15, 0.2) is 12.1 Å². The number of esters is 1. The summed E-state index contributed by atoms with van der Waals surface area (Å²) in [6.45, 7) is 1.07. The van der Waals surface area contributed by atoms with Gasteiger partial charge in [-0.25, -0.2) is 4.79 Å². The molecule has 8 heteroatoms. The number of ether oxygens (including phenoxy) is 4. The molecule has 1 rings (SSSR count). The fourth-order valence-corrected chi connectivity index (χ4v) is 1.66. The van der Waals surface area contributed by atoms with Crippen LogP contribution in [-0.4, -0.2) is 55.7 Å². The van der Waals surface area contributed by atoms with E-state index < -0.39 is 17.9 Å². The van der Waals surface area contributed by atoms with Gasteiger partial charge in [0.15, 0.2) is 11.5 Å². The molecule has 0 spiro atoms. The minimum atomic E-state index is -2.31. The lowest BCUT2D eigenvalue weighted by atomic mass is 10.1. The van der Waals surface area contributed by atoms with E-state index in [1.165, 1.54) is 26.4 Å². The highest BCUT2D eigenvalue weighted by atomic mass is 16.7. The van der Waals surface area contributed by atoms with Gasteiger partial charge in [-0.05, 0) is 12.1 Å². The van der Waals surface area contributed by atoms with Crippen molar-refractivity contribution in [3.05, 3.63) is 17.7 Å². The lowest BCUT2D eigenvalue weighted by Gasteiger charge is -2.29. The van der Waals surface area contributed by atoms with Crippen LogP contribution in [0.1, 0.15) is 17.3 Å². The van der Waals surface area contributed by atoms with Gasteiger partial charge < -0.3 is 29.2 Å². The van der Waals surface area contributed by atoms with Crippen molar-refractivity contribution in [1.82, 2.24) is 0 Å². The first-order chi connectivity index (χ1) is 10.3. The second-order valence-corrected chi connectivity index (χ2v) is 4.45. The van der Waals surface area contributed by atoms with Gasteiger partial charge in [0.05, 0.1) is 21.3 Å². The number of aliphatic hydroxyl groups excluding tert-OH is 1. The van der Waals surface area contributed by atoms with E-state index in [2.05, 4.69) is 4.74 Å². The van der Waals surface area contributed by atoms with E-state index in [0.29, 0.717) is 6.29 Å². The molecule has 0 amide bonds. The largest absolute Gasteiger partial charge is 0.493 e. The van der Waals surface area contributed by atoms with E-state index >= 15 is 0 Å². The van der Waals surface area contributed by atoms with E-state index in [1.807, 2.05) is 0 Å².